The third-order valence-corrected chi connectivity index (χ3v) is 11.9. The Hall–Kier alpha value is -6.40. The first-order chi connectivity index (χ1) is 26.9. The molecule has 55 heavy (non-hydrogen) atoms. The van der Waals surface area contributed by atoms with Gasteiger partial charge in [0, 0.05) is 32.7 Å². The van der Waals surface area contributed by atoms with E-state index in [1.807, 2.05) is 62.4 Å². The largest absolute Gasteiger partial charge is 0.466 e. The van der Waals surface area contributed by atoms with Crippen molar-refractivity contribution in [3.63, 3.8) is 0 Å². The normalized spacial score (nSPS) is 17.9. The first kappa shape index (κ1) is 33.2. The molecule has 8 aromatic rings. The second-order valence-corrected chi connectivity index (χ2v) is 14.9. The van der Waals surface area contributed by atoms with Crippen LogP contribution in [0.25, 0.3) is 65.9 Å². The van der Waals surface area contributed by atoms with Crippen LogP contribution in [0.1, 0.15) is 55.4 Å². The van der Waals surface area contributed by atoms with E-state index in [9.17, 15) is 9.59 Å². The average Bonchev–Trinajstić information content (AvgIpc) is 3.61. The first-order valence-corrected chi connectivity index (χ1v) is 19.1. The lowest BCUT2D eigenvalue weighted by molar-refractivity contribution is -0.144. The Bertz CT molecular complexity index is 2700. The monoisotopic (exact) mass is 718 g/mol. The van der Waals surface area contributed by atoms with E-state index >= 15 is 0 Å². The van der Waals surface area contributed by atoms with Gasteiger partial charge in [-0.2, -0.15) is 0 Å². The van der Waals surface area contributed by atoms with Crippen LogP contribution < -0.4 is 0 Å². The highest BCUT2D eigenvalue weighted by molar-refractivity contribution is 6.06. The number of aromatic nitrogens is 2. The summed E-state index contributed by atoms with van der Waals surface area (Å²) in [5.41, 5.74) is 7.52. The Kier molecular flexibility index (Phi) is 7.60. The summed E-state index contributed by atoms with van der Waals surface area (Å²) in [6.07, 6.45) is 0.487. The van der Waals surface area contributed by atoms with Crippen LogP contribution in [0, 0.1) is 0 Å². The number of pyridine rings is 2. The number of hydrogen-bond donors (Lipinski definition) is 0. The Morgan fingerprint density at radius 3 is 1.33 bits per heavy atom. The molecule has 0 fully saturated rings. The molecule has 2 aliphatic carbocycles. The molecule has 2 aromatic heterocycles. The third-order valence-electron chi connectivity index (χ3n) is 11.9. The SMILES string of the molecule is CCOC(=O)CC1(CC2(CC(=O)OCC)c3cc4ccccc4nc3-c3c2ccc2ccccc32)c2cc3ccccc3nc2-c2c1ccc1ccccc21. The molecule has 0 bridgehead atoms. The zero-order chi connectivity index (χ0) is 37.3. The van der Waals surface area contributed by atoms with Crippen LogP contribution in [-0.4, -0.2) is 35.1 Å². The van der Waals surface area contributed by atoms with Crippen LogP contribution in [0.2, 0.25) is 0 Å². The Labute approximate surface area is 318 Å². The lowest BCUT2D eigenvalue weighted by atomic mass is 9.60. The molecule has 0 saturated heterocycles. The van der Waals surface area contributed by atoms with Crippen LogP contribution in [0.4, 0.5) is 0 Å². The number of fused-ring (bicyclic) bond motifs is 12. The van der Waals surface area contributed by atoms with Gasteiger partial charge >= 0.3 is 11.9 Å². The van der Waals surface area contributed by atoms with Gasteiger partial charge in [0.25, 0.3) is 0 Å². The van der Waals surface area contributed by atoms with E-state index in [1.54, 1.807) is 0 Å². The summed E-state index contributed by atoms with van der Waals surface area (Å²) in [7, 11) is 0. The number of carbonyl (C=O) groups is 2. The molecule has 268 valence electrons. The van der Waals surface area contributed by atoms with Gasteiger partial charge < -0.3 is 9.47 Å². The number of nitrogens with zero attached hydrogens (tertiary/aromatic N) is 2. The van der Waals surface area contributed by atoms with Crippen molar-refractivity contribution in [2.75, 3.05) is 13.2 Å². The van der Waals surface area contributed by atoms with Crippen molar-refractivity contribution in [1.82, 2.24) is 9.97 Å². The highest BCUT2D eigenvalue weighted by atomic mass is 16.5. The fourth-order valence-electron chi connectivity index (χ4n) is 9.80. The molecule has 2 aliphatic rings. The number of benzene rings is 6. The number of hydrogen-bond acceptors (Lipinski definition) is 6. The summed E-state index contributed by atoms with van der Waals surface area (Å²) in [6, 6.07) is 46.1. The van der Waals surface area contributed by atoms with Gasteiger partial charge in [-0.15, -0.1) is 0 Å². The van der Waals surface area contributed by atoms with Crippen LogP contribution in [0.5, 0.6) is 0 Å². The molecule has 0 amide bonds. The van der Waals surface area contributed by atoms with Crippen LogP contribution in [-0.2, 0) is 29.9 Å². The number of rotatable bonds is 8. The lowest BCUT2D eigenvalue weighted by Crippen LogP contribution is -2.41. The van der Waals surface area contributed by atoms with Gasteiger partial charge in [0.1, 0.15) is 0 Å². The molecule has 0 radical (unpaired) electrons. The first-order valence-electron chi connectivity index (χ1n) is 19.1. The number of para-hydroxylation sites is 2. The van der Waals surface area contributed by atoms with Crippen molar-refractivity contribution < 1.29 is 19.1 Å². The van der Waals surface area contributed by atoms with Gasteiger partial charge in [-0.05, 0) is 88.3 Å². The molecule has 2 atom stereocenters. The molecule has 0 spiro atoms. The summed E-state index contributed by atoms with van der Waals surface area (Å²) in [6.45, 7) is 4.20. The standard InChI is InChI=1S/C49H38N2O4/c1-3-54-42(52)27-48(36-23-21-30-13-5-9-17-34(30)44(36)46-38(48)25-32-15-7-11-19-40(32)50-46)29-49(28-43(53)55-4-2)37-24-22-31-14-6-10-18-35(31)45(37)47-39(49)26-33-16-8-12-20-41(33)51-47/h5-26H,3-4,27-29H2,1-2H3. The Balaban J connectivity index is 1.35. The van der Waals surface area contributed by atoms with Crippen molar-refractivity contribution in [3.05, 3.63) is 156 Å². The van der Waals surface area contributed by atoms with Crippen molar-refractivity contribution in [2.45, 2.75) is 43.9 Å². The van der Waals surface area contributed by atoms with Crippen LogP contribution in [0.15, 0.2) is 133 Å². The molecule has 6 nitrogen and oxygen atoms in total. The minimum absolute atomic E-state index is 0.0586. The van der Waals surface area contributed by atoms with E-state index in [2.05, 4.69) is 84.9 Å². The van der Waals surface area contributed by atoms with Crippen molar-refractivity contribution >= 4 is 55.3 Å². The molecule has 0 N–H and O–H groups in total. The van der Waals surface area contributed by atoms with Gasteiger partial charge in [-0.25, -0.2) is 9.97 Å². The molecule has 0 saturated carbocycles. The third kappa shape index (κ3) is 4.94. The highest BCUT2D eigenvalue weighted by Crippen LogP contribution is 2.63. The fraction of sp³-hybridized carbons (Fsp3) is 0.184. The van der Waals surface area contributed by atoms with E-state index in [4.69, 9.17) is 19.4 Å². The maximum atomic E-state index is 14.2. The molecule has 2 unspecified atom stereocenters. The van der Waals surface area contributed by atoms with E-state index < -0.39 is 10.8 Å². The van der Waals surface area contributed by atoms with Crippen molar-refractivity contribution in [1.29, 1.82) is 0 Å². The summed E-state index contributed by atoms with van der Waals surface area (Å²) in [5.74, 6) is -0.606. The molecule has 6 aromatic carbocycles. The zero-order valence-electron chi connectivity index (χ0n) is 30.8. The van der Waals surface area contributed by atoms with Crippen LogP contribution >= 0.6 is 0 Å². The van der Waals surface area contributed by atoms with Crippen LogP contribution in [0.3, 0.4) is 0 Å². The fourth-order valence-corrected chi connectivity index (χ4v) is 9.80. The quantitative estimate of drug-likeness (QED) is 0.146. The summed E-state index contributed by atoms with van der Waals surface area (Å²) >= 11 is 0. The van der Waals surface area contributed by atoms with E-state index in [1.165, 1.54) is 0 Å². The maximum Gasteiger partial charge on any atom is 0.307 e. The smallest absolute Gasteiger partial charge is 0.307 e. The predicted octanol–water partition coefficient (Wildman–Crippen LogP) is 10.6. The second kappa shape index (κ2) is 12.6. The van der Waals surface area contributed by atoms with Gasteiger partial charge in [-0.1, -0.05) is 109 Å². The predicted molar refractivity (Wildman–Crippen MR) is 218 cm³/mol. The summed E-state index contributed by atoms with van der Waals surface area (Å²) in [5, 5.41) is 6.29. The molecular weight excluding hydrogens is 681 g/mol. The molecular formula is C49H38N2O4. The number of carbonyl (C=O) groups excluding carboxylic acids is 2. The van der Waals surface area contributed by atoms with Gasteiger partial charge in [0.05, 0.1) is 48.5 Å². The highest BCUT2D eigenvalue weighted by Gasteiger charge is 2.56. The molecule has 0 aliphatic heterocycles. The average molecular weight is 719 g/mol. The van der Waals surface area contributed by atoms with Crippen molar-refractivity contribution in [2.24, 2.45) is 0 Å². The zero-order valence-corrected chi connectivity index (χ0v) is 30.8. The topological polar surface area (TPSA) is 78.4 Å². The van der Waals surface area contributed by atoms with E-state index in [0.29, 0.717) is 6.42 Å². The lowest BCUT2D eigenvalue weighted by Gasteiger charge is -2.41. The Morgan fingerprint density at radius 1 is 0.491 bits per heavy atom. The van der Waals surface area contributed by atoms with Crippen molar-refractivity contribution in [3.8, 4) is 22.5 Å². The minimum atomic E-state index is -0.958. The molecule has 10 rings (SSSR count). The maximum absolute atomic E-state index is 14.2. The van der Waals surface area contributed by atoms with Gasteiger partial charge in [-0.3, -0.25) is 9.59 Å². The van der Waals surface area contributed by atoms with Gasteiger partial charge in [0.15, 0.2) is 0 Å². The van der Waals surface area contributed by atoms with E-state index in [-0.39, 0.29) is 38.0 Å². The molecule has 2 heterocycles. The summed E-state index contributed by atoms with van der Waals surface area (Å²) < 4.78 is 11.7. The minimum Gasteiger partial charge on any atom is -0.466 e. The summed E-state index contributed by atoms with van der Waals surface area (Å²) in [4.78, 5) is 39.3. The number of ether oxygens (including phenoxy) is 2. The number of esters is 2. The van der Waals surface area contributed by atoms with Gasteiger partial charge in [0.2, 0.25) is 0 Å². The second-order valence-electron chi connectivity index (χ2n) is 14.9. The Morgan fingerprint density at radius 2 is 0.891 bits per heavy atom. The molecule has 6 heteroatoms. The van der Waals surface area contributed by atoms with E-state index in [0.717, 1.165) is 88.1 Å².